The predicted molar refractivity (Wildman–Crippen MR) is 66.1 cm³/mol. The largest absolute Gasteiger partial charge is 0.317 e. The Labute approximate surface area is 107 Å². The number of piperidine rings is 1. The molecule has 1 fully saturated rings. The van der Waals surface area contributed by atoms with Gasteiger partial charge in [0.1, 0.15) is 11.9 Å². The molecule has 0 radical (unpaired) electrons. The van der Waals surface area contributed by atoms with Crippen molar-refractivity contribution >= 4 is 24.8 Å². The third-order valence-electron chi connectivity index (χ3n) is 2.51. The maximum Gasteiger partial charge on any atom is 0.131 e. The van der Waals surface area contributed by atoms with Gasteiger partial charge in [-0.15, -0.1) is 24.8 Å². The summed E-state index contributed by atoms with van der Waals surface area (Å²) < 4.78 is 0. The molecule has 1 N–H and O–H groups in total. The Hall–Kier alpha value is -0.890. The highest BCUT2D eigenvalue weighted by molar-refractivity contribution is 5.85. The summed E-state index contributed by atoms with van der Waals surface area (Å²) in [5.74, 6) is 1.34. The maximum atomic E-state index is 8.60. The molecule has 0 unspecified atom stereocenters. The minimum Gasteiger partial charge on any atom is -0.317 e. The SMILES string of the molecule is Cl.Cl.N#Cc1cnc(C2CCNCC2)nc1. The Morgan fingerprint density at radius 2 is 1.75 bits per heavy atom. The Kier molecular flexibility index (Phi) is 6.98. The fraction of sp³-hybridized carbons (Fsp3) is 0.500. The summed E-state index contributed by atoms with van der Waals surface area (Å²) in [4.78, 5) is 8.42. The first-order valence-electron chi connectivity index (χ1n) is 4.83. The summed E-state index contributed by atoms with van der Waals surface area (Å²) in [5, 5.41) is 11.9. The van der Waals surface area contributed by atoms with Gasteiger partial charge in [-0.1, -0.05) is 0 Å². The van der Waals surface area contributed by atoms with Crippen molar-refractivity contribution in [1.82, 2.24) is 15.3 Å². The summed E-state index contributed by atoms with van der Waals surface area (Å²) in [7, 11) is 0. The number of nitriles is 1. The third kappa shape index (κ3) is 3.60. The molecule has 0 spiro atoms. The van der Waals surface area contributed by atoms with Crippen molar-refractivity contribution in [1.29, 1.82) is 5.26 Å². The minimum absolute atomic E-state index is 0. The molecule has 0 aliphatic carbocycles. The molecule has 1 aliphatic heterocycles. The van der Waals surface area contributed by atoms with Gasteiger partial charge in [0.05, 0.1) is 5.56 Å². The zero-order valence-corrected chi connectivity index (χ0v) is 10.4. The highest BCUT2D eigenvalue weighted by atomic mass is 35.5. The molecule has 0 amide bonds. The monoisotopic (exact) mass is 260 g/mol. The first-order chi connectivity index (χ1) is 6.90. The molecule has 1 aliphatic rings. The molecular formula is C10H14Cl2N4. The Bertz CT molecular complexity index is 341. The lowest BCUT2D eigenvalue weighted by atomic mass is 9.97. The third-order valence-corrected chi connectivity index (χ3v) is 2.51. The van der Waals surface area contributed by atoms with E-state index in [4.69, 9.17) is 5.26 Å². The molecule has 1 aromatic heterocycles. The molecule has 6 heteroatoms. The fourth-order valence-electron chi connectivity index (χ4n) is 1.69. The number of aromatic nitrogens is 2. The second-order valence-electron chi connectivity index (χ2n) is 3.47. The van der Waals surface area contributed by atoms with Gasteiger partial charge in [-0.05, 0) is 25.9 Å². The lowest BCUT2D eigenvalue weighted by Gasteiger charge is -2.20. The van der Waals surface area contributed by atoms with E-state index in [1.165, 1.54) is 0 Å². The summed E-state index contributed by atoms with van der Waals surface area (Å²) in [5.41, 5.74) is 0.530. The van der Waals surface area contributed by atoms with E-state index in [0.717, 1.165) is 31.8 Å². The predicted octanol–water partition coefficient (Wildman–Crippen LogP) is 1.66. The van der Waals surface area contributed by atoms with E-state index in [1.807, 2.05) is 6.07 Å². The van der Waals surface area contributed by atoms with Gasteiger partial charge in [-0.3, -0.25) is 0 Å². The average Bonchev–Trinajstić information content (AvgIpc) is 2.30. The van der Waals surface area contributed by atoms with E-state index in [1.54, 1.807) is 12.4 Å². The molecule has 16 heavy (non-hydrogen) atoms. The van der Waals surface area contributed by atoms with Gasteiger partial charge in [0.25, 0.3) is 0 Å². The van der Waals surface area contributed by atoms with Gasteiger partial charge in [-0.2, -0.15) is 5.26 Å². The van der Waals surface area contributed by atoms with Crippen molar-refractivity contribution in [3.05, 3.63) is 23.8 Å². The van der Waals surface area contributed by atoms with Crippen LogP contribution < -0.4 is 5.32 Å². The number of nitrogens with zero attached hydrogens (tertiary/aromatic N) is 3. The molecule has 88 valence electrons. The van der Waals surface area contributed by atoms with Crippen molar-refractivity contribution in [3.63, 3.8) is 0 Å². The molecule has 1 aromatic rings. The van der Waals surface area contributed by atoms with Crippen LogP contribution >= 0.6 is 24.8 Å². The molecule has 0 bridgehead atoms. The molecule has 1 saturated heterocycles. The molecule has 2 heterocycles. The molecule has 2 rings (SSSR count). The van der Waals surface area contributed by atoms with Crippen molar-refractivity contribution in [2.24, 2.45) is 0 Å². The highest BCUT2D eigenvalue weighted by Crippen LogP contribution is 2.21. The number of nitrogens with one attached hydrogen (secondary N) is 1. The number of halogens is 2. The molecular weight excluding hydrogens is 247 g/mol. The van der Waals surface area contributed by atoms with E-state index in [2.05, 4.69) is 15.3 Å². The van der Waals surface area contributed by atoms with E-state index in [-0.39, 0.29) is 24.8 Å². The standard InChI is InChI=1S/C10H12N4.2ClH/c11-5-8-6-13-10(14-7-8)9-1-3-12-4-2-9;;/h6-7,9,12H,1-4H2;2*1H. The van der Waals surface area contributed by atoms with Crippen LogP contribution in [0.2, 0.25) is 0 Å². The smallest absolute Gasteiger partial charge is 0.131 e. The van der Waals surface area contributed by atoms with Crippen LogP contribution in [-0.4, -0.2) is 23.1 Å². The zero-order chi connectivity index (χ0) is 9.80. The van der Waals surface area contributed by atoms with Crippen LogP contribution in [0, 0.1) is 11.3 Å². The van der Waals surface area contributed by atoms with E-state index < -0.39 is 0 Å². The van der Waals surface area contributed by atoms with Gasteiger partial charge in [0.15, 0.2) is 0 Å². The summed E-state index contributed by atoms with van der Waals surface area (Å²) in [6, 6.07) is 2.02. The van der Waals surface area contributed by atoms with Crippen molar-refractivity contribution in [2.75, 3.05) is 13.1 Å². The Morgan fingerprint density at radius 3 is 2.25 bits per heavy atom. The summed E-state index contributed by atoms with van der Waals surface area (Å²) in [6.45, 7) is 2.07. The van der Waals surface area contributed by atoms with Crippen molar-refractivity contribution < 1.29 is 0 Å². The first-order valence-corrected chi connectivity index (χ1v) is 4.83. The lowest BCUT2D eigenvalue weighted by molar-refractivity contribution is 0.445. The zero-order valence-electron chi connectivity index (χ0n) is 8.72. The number of rotatable bonds is 1. The topological polar surface area (TPSA) is 61.6 Å². The second-order valence-corrected chi connectivity index (χ2v) is 3.47. The van der Waals surface area contributed by atoms with Gasteiger partial charge < -0.3 is 5.32 Å². The Balaban J connectivity index is 0.00000112. The molecule has 0 aromatic carbocycles. The first kappa shape index (κ1) is 15.1. The van der Waals surface area contributed by atoms with Crippen LogP contribution in [0.3, 0.4) is 0 Å². The van der Waals surface area contributed by atoms with E-state index in [0.29, 0.717) is 11.5 Å². The normalized spacial score (nSPS) is 15.4. The van der Waals surface area contributed by atoms with Crippen LogP contribution in [0.25, 0.3) is 0 Å². The van der Waals surface area contributed by atoms with Crippen LogP contribution in [0.4, 0.5) is 0 Å². The van der Waals surface area contributed by atoms with Crippen LogP contribution in [-0.2, 0) is 0 Å². The van der Waals surface area contributed by atoms with Gasteiger partial charge in [0, 0.05) is 18.3 Å². The van der Waals surface area contributed by atoms with E-state index in [9.17, 15) is 0 Å². The molecule has 4 nitrogen and oxygen atoms in total. The minimum atomic E-state index is 0. The lowest BCUT2D eigenvalue weighted by Crippen LogP contribution is -2.27. The van der Waals surface area contributed by atoms with Gasteiger partial charge in [-0.25, -0.2) is 9.97 Å². The van der Waals surface area contributed by atoms with Crippen LogP contribution in [0.15, 0.2) is 12.4 Å². The second kappa shape index (κ2) is 7.39. The highest BCUT2D eigenvalue weighted by Gasteiger charge is 2.17. The van der Waals surface area contributed by atoms with E-state index >= 15 is 0 Å². The summed E-state index contributed by atoms with van der Waals surface area (Å²) >= 11 is 0. The fourth-order valence-corrected chi connectivity index (χ4v) is 1.69. The van der Waals surface area contributed by atoms with Crippen LogP contribution in [0.1, 0.15) is 30.1 Å². The van der Waals surface area contributed by atoms with Crippen molar-refractivity contribution in [2.45, 2.75) is 18.8 Å². The van der Waals surface area contributed by atoms with Gasteiger partial charge >= 0.3 is 0 Å². The number of hydrogen-bond acceptors (Lipinski definition) is 4. The quantitative estimate of drug-likeness (QED) is 0.835. The van der Waals surface area contributed by atoms with Gasteiger partial charge in [0.2, 0.25) is 0 Å². The molecule has 0 atom stereocenters. The van der Waals surface area contributed by atoms with Crippen molar-refractivity contribution in [3.8, 4) is 6.07 Å². The molecule has 0 saturated carbocycles. The average molecular weight is 261 g/mol. The van der Waals surface area contributed by atoms with Crippen LogP contribution in [0.5, 0.6) is 0 Å². The maximum absolute atomic E-state index is 8.60. The Morgan fingerprint density at radius 1 is 1.19 bits per heavy atom. The number of hydrogen-bond donors (Lipinski definition) is 1. The summed E-state index contributed by atoms with van der Waals surface area (Å²) in [6.07, 6.45) is 5.38.